The molecule has 0 fully saturated rings. The molecule has 1 aliphatic heterocycles. The van der Waals surface area contributed by atoms with Crippen molar-refractivity contribution < 1.29 is 9.53 Å². The van der Waals surface area contributed by atoms with Crippen molar-refractivity contribution in [1.82, 2.24) is 9.97 Å². The number of H-pyrrole nitrogens is 1. The van der Waals surface area contributed by atoms with Gasteiger partial charge in [-0.25, -0.2) is 0 Å². The highest BCUT2D eigenvalue weighted by Gasteiger charge is 2.28. The third-order valence-corrected chi connectivity index (χ3v) is 4.22. The predicted octanol–water partition coefficient (Wildman–Crippen LogP) is 4.19. The molecule has 0 saturated carbocycles. The number of nitrogens with one attached hydrogen (secondary N) is 2. The number of para-hydroxylation sites is 1. The average molecular weight is 340 g/mol. The third kappa shape index (κ3) is 2.58. The van der Waals surface area contributed by atoms with Gasteiger partial charge >= 0.3 is 0 Å². The van der Waals surface area contributed by atoms with Crippen LogP contribution in [0.3, 0.4) is 0 Å². The minimum Gasteiger partial charge on any atom is -0.367 e. The zero-order valence-corrected chi connectivity index (χ0v) is 13.4. The number of pyridine rings is 1. The summed E-state index contributed by atoms with van der Waals surface area (Å²) in [7, 11) is 0. The molecule has 2 aromatic heterocycles. The molecule has 0 radical (unpaired) electrons. The number of rotatable bonds is 3. The Morgan fingerprint density at radius 3 is 2.79 bits per heavy atom. The lowest BCUT2D eigenvalue weighted by atomic mass is 10.1. The van der Waals surface area contributed by atoms with Gasteiger partial charge in [0.1, 0.15) is 6.61 Å². The van der Waals surface area contributed by atoms with E-state index in [9.17, 15) is 4.79 Å². The summed E-state index contributed by atoms with van der Waals surface area (Å²) in [5, 5.41) is 3.86. The highest BCUT2D eigenvalue weighted by Crippen LogP contribution is 2.39. The van der Waals surface area contributed by atoms with Crippen molar-refractivity contribution in [2.75, 3.05) is 11.9 Å². The van der Waals surface area contributed by atoms with Crippen LogP contribution >= 0.6 is 11.6 Å². The molecule has 0 aliphatic carbocycles. The maximum Gasteiger partial charge on any atom is 0.192 e. The molecule has 0 bridgehead atoms. The molecule has 24 heavy (non-hydrogen) atoms. The maximum absolute atomic E-state index is 12.4. The van der Waals surface area contributed by atoms with Crippen molar-refractivity contribution >= 4 is 28.8 Å². The van der Waals surface area contributed by atoms with Crippen molar-refractivity contribution in [2.24, 2.45) is 0 Å². The van der Waals surface area contributed by atoms with Crippen molar-refractivity contribution in [3.63, 3.8) is 0 Å². The topological polar surface area (TPSA) is 67.0 Å². The number of fused-ring (bicyclic) bond motifs is 1. The van der Waals surface area contributed by atoms with Crippen LogP contribution in [0.2, 0.25) is 5.02 Å². The zero-order valence-electron chi connectivity index (χ0n) is 12.7. The molecule has 120 valence electrons. The summed E-state index contributed by atoms with van der Waals surface area (Å²) in [5.41, 5.74) is 4.55. The molecule has 3 aromatic rings. The number of ketones is 1. The molecule has 4 rings (SSSR count). The number of benzene rings is 1. The molecular formula is C18H14ClN3O2. The Bertz CT molecular complexity index is 906. The minimum atomic E-state index is -0.0534. The molecule has 6 heteroatoms. The van der Waals surface area contributed by atoms with Crippen molar-refractivity contribution in [3.8, 4) is 11.3 Å². The number of carbonyl (C=O) groups excluding carboxylic acids is 1. The van der Waals surface area contributed by atoms with Gasteiger partial charge in [-0.2, -0.15) is 0 Å². The number of aromatic amines is 1. The van der Waals surface area contributed by atoms with Gasteiger partial charge in [0.25, 0.3) is 0 Å². The van der Waals surface area contributed by atoms with Crippen molar-refractivity contribution in [3.05, 3.63) is 65.1 Å². The maximum atomic E-state index is 12.4. The van der Waals surface area contributed by atoms with E-state index in [4.69, 9.17) is 16.3 Å². The number of hydrogen-bond acceptors (Lipinski definition) is 4. The lowest BCUT2D eigenvalue weighted by Crippen LogP contribution is -2.18. The second-order valence-corrected chi connectivity index (χ2v) is 5.90. The molecule has 1 aliphatic rings. The van der Waals surface area contributed by atoms with E-state index in [1.165, 1.54) is 0 Å². The summed E-state index contributed by atoms with van der Waals surface area (Å²) in [5.74, 6) is -0.0534. The Balaban J connectivity index is 1.90. The SMILES string of the molecule is O=C1COCc2[nH]c(-c3ccncc3Cl)c(Nc3ccccc3)c21. The summed E-state index contributed by atoms with van der Waals surface area (Å²) in [4.78, 5) is 19.7. The molecule has 1 aromatic carbocycles. The zero-order chi connectivity index (χ0) is 16.5. The minimum absolute atomic E-state index is 0.0534. The van der Waals surface area contributed by atoms with E-state index >= 15 is 0 Å². The fraction of sp³-hybridized carbons (Fsp3) is 0.111. The fourth-order valence-corrected chi connectivity index (χ4v) is 3.07. The van der Waals surface area contributed by atoms with Gasteiger partial charge in [-0.05, 0) is 18.2 Å². The first kappa shape index (κ1) is 14.9. The Kier molecular flexibility index (Phi) is 3.80. The lowest BCUT2D eigenvalue weighted by Gasteiger charge is -2.14. The Morgan fingerprint density at radius 2 is 2.00 bits per heavy atom. The van der Waals surface area contributed by atoms with Crippen LogP contribution in [0.5, 0.6) is 0 Å². The Morgan fingerprint density at radius 1 is 1.17 bits per heavy atom. The molecule has 0 unspecified atom stereocenters. The molecule has 3 heterocycles. The van der Waals surface area contributed by atoms with E-state index in [1.807, 2.05) is 36.4 Å². The molecule has 0 atom stereocenters. The van der Waals surface area contributed by atoms with Crippen LogP contribution in [-0.2, 0) is 11.3 Å². The predicted molar refractivity (Wildman–Crippen MR) is 92.7 cm³/mol. The smallest absolute Gasteiger partial charge is 0.192 e. The van der Waals surface area contributed by atoms with E-state index in [0.717, 1.165) is 28.3 Å². The first-order valence-electron chi connectivity index (χ1n) is 7.52. The van der Waals surface area contributed by atoms with Crippen molar-refractivity contribution in [2.45, 2.75) is 6.61 Å². The normalized spacial score (nSPS) is 13.6. The van der Waals surface area contributed by atoms with E-state index in [1.54, 1.807) is 12.4 Å². The first-order valence-corrected chi connectivity index (χ1v) is 7.89. The van der Waals surface area contributed by atoms with E-state index in [-0.39, 0.29) is 12.4 Å². The van der Waals surface area contributed by atoms with E-state index in [0.29, 0.717) is 17.2 Å². The highest BCUT2D eigenvalue weighted by molar-refractivity contribution is 6.33. The molecule has 0 amide bonds. The lowest BCUT2D eigenvalue weighted by molar-refractivity contribution is 0.0660. The summed E-state index contributed by atoms with van der Waals surface area (Å²) in [6.45, 7) is 0.449. The Labute approximate surface area is 143 Å². The molecule has 0 spiro atoms. The van der Waals surface area contributed by atoms with Gasteiger partial charge in [0.2, 0.25) is 0 Å². The van der Waals surface area contributed by atoms with Crippen LogP contribution in [0, 0.1) is 0 Å². The summed E-state index contributed by atoms with van der Waals surface area (Å²) in [6.07, 6.45) is 3.26. The summed E-state index contributed by atoms with van der Waals surface area (Å²) in [6, 6.07) is 11.5. The summed E-state index contributed by atoms with van der Waals surface area (Å²) >= 11 is 6.31. The van der Waals surface area contributed by atoms with Gasteiger partial charge in [-0.15, -0.1) is 0 Å². The number of aromatic nitrogens is 2. The molecule has 2 N–H and O–H groups in total. The monoisotopic (exact) mass is 339 g/mol. The Hall–Kier alpha value is -2.63. The highest BCUT2D eigenvalue weighted by atomic mass is 35.5. The molecule has 0 saturated heterocycles. The number of halogens is 1. The number of Topliss-reactive ketones (excluding diaryl/α,β-unsaturated/α-hetero) is 1. The standard InChI is InChI=1S/C18H14ClN3O2/c19-13-8-20-7-6-12(13)17-18(21-11-4-2-1-3-5-11)16-14(22-17)9-24-10-15(16)23/h1-8,21-22H,9-10H2. The van der Waals surface area contributed by atoms with Crippen molar-refractivity contribution in [1.29, 1.82) is 0 Å². The second-order valence-electron chi connectivity index (χ2n) is 5.49. The van der Waals surface area contributed by atoms with Gasteiger partial charge in [-0.3, -0.25) is 9.78 Å². The van der Waals surface area contributed by atoms with Gasteiger partial charge in [0.15, 0.2) is 5.78 Å². The van der Waals surface area contributed by atoms with Crippen LogP contribution in [0.4, 0.5) is 11.4 Å². The van der Waals surface area contributed by atoms with Gasteiger partial charge in [0.05, 0.1) is 34.3 Å². The number of anilines is 2. The van der Waals surface area contributed by atoms with Crippen LogP contribution in [0.1, 0.15) is 16.1 Å². The van der Waals surface area contributed by atoms with Gasteiger partial charge in [-0.1, -0.05) is 29.8 Å². The second kappa shape index (κ2) is 6.11. The van der Waals surface area contributed by atoms with E-state index < -0.39 is 0 Å². The van der Waals surface area contributed by atoms with E-state index in [2.05, 4.69) is 15.3 Å². The number of ether oxygens (including phenoxy) is 1. The third-order valence-electron chi connectivity index (χ3n) is 3.92. The quantitative estimate of drug-likeness (QED) is 0.751. The average Bonchev–Trinajstić information content (AvgIpc) is 2.96. The molecule has 5 nitrogen and oxygen atoms in total. The largest absolute Gasteiger partial charge is 0.367 e. The fourth-order valence-electron chi connectivity index (χ4n) is 2.86. The molecular weight excluding hydrogens is 326 g/mol. The number of hydrogen-bond donors (Lipinski definition) is 2. The van der Waals surface area contributed by atoms with Crippen LogP contribution in [0.25, 0.3) is 11.3 Å². The summed E-state index contributed by atoms with van der Waals surface area (Å²) < 4.78 is 5.34. The van der Waals surface area contributed by atoms with Crippen LogP contribution in [0.15, 0.2) is 48.8 Å². The number of nitrogens with zero attached hydrogens (tertiary/aromatic N) is 1. The number of carbonyl (C=O) groups is 1. The van der Waals surface area contributed by atoms with Crippen LogP contribution < -0.4 is 5.32 Å². The first-order chi connectivity index (χ1) is 11.7. The van der Waals surface area contributed by atoms with Gasteiger partial charge in [0, 0.05) is 23.6 Å². The van der Waals surface area contributed by atoms with Crippen LogP contribution in [-0.4, -0.2) is 22.4 Å². The van der Waals surface area contributed by atoms with Gasteiger partial charge < -0.3 is 15.0 Å².